The van der Waals surface area contributed by atoms with Crippen LogP contribution >= 0.6 is 35.0 Å². The topological polar surface area (TPSA) is 26.0 Å². The van der Waals surface area contributed by atoms with Crippen molar-refractivity contribution in [3.63, 3.8) is 0 Å². The van der Waals surface area contributed by atoms with E-state index >= 15 is 0 Å². The second-order valence-electron chi connectivity index (χ2n) is 3.61. The summed E-state index contributed by atoms with van der Waals surface area (Å²) in [5, 5.41) is 1.19. The number of halogens is 2. The van der Waals surface area contributed by atoms with Gasteiger partial charge in [0.05, 0.1) is 10.0 Å². The molecule has 0 spiro atoms. The molecule has 2 N–H and O–H groups in total. The highest BCUT2D eigenvalue weighted by atomic mass is 35.5. The van der Waals surface area contributed by atoms with Gasteiger partial charge in [-0.1, -0.05) is 29.3 Å². The van der Waals surface area contributed by atoms with Crippen LogP contribution in [0.15, 0.2) is 47.4 Å². The highest BCUT2D eigenvalue weighted by molar-refractivity contribution is 7.98. The minimum Gasteiger partial charge on any atom is -0.399 e. The molecule has 2 aromatic rings. The van der Waals surface area contributed by atoms with Crippen LogP contribution in [0.25, 0.3) is 0 Å². The number of benzene rings is 2. The maximum absolute atomic E-state index is 5.96. The number of thioether (sulfide) groups is 1. The average Bonchev–Trinajstić information content (AvgIpc) is 2.33. The van der Waals surface area contributed by atoms with Crippen LogP contribution in [-0.4, -0.2) is 0 Å². The Kier molecular flexibility index (Phi) is 4.21. The molecule has 0 aliphatic rings. The minimum absolute atomic E-state index is 0.591. The lowest BCUT2D eigenvalue weighted by atomic mass is 10.2. The Hall–Kier alpha value is -0.830. The molecule has 4 heteroatoms. The van der Waals surface area contributed by atoms with Crippen LogP contribution in [0.3, 0.4) is 0 Å². The van der Waals surface area contributed by atoms with E-state index in [0.29, 0.717) is 10.0 Å². The third-order valence-corrected chi connectivity index (χ3v) is 4.09. The molecule has 2 rings (SSSR count). The Balaban J connectivity index is 2.02. The molecule has 0 bridgehead atoms. The van der Waals surface area contributed by atoms with Crippen molar-refractivity contribution >= 4 is 40.7 Å². The second kappa shape index (κ2) is 5.67. The lowest BCUT2D eigenvalue weighted by Crippen LogP contribution is -1.84. The molecule has 88 valence electrons. The predicted molar refractivity (Wildman–Crippen MR) is 76.9 cm³/mol. The fourth-order valence-corrected chi connectivity index (χ4v) is 2.52. The molecule has 0 heterocycles. The summed E-state index contributed by atoms with van der Waals surface area (Å²) in [6.45, 7) is 0. The molecular formula is C13H11Cl2NS. The first-order valence-electron chi connectivity index (χ1n) is 5.07. The van der Waals surface area contributed by atoms with Crippen LogP contribution in [0, 0.1) is 0 Å². The smallest absolute Gasteiger partial charge is 0.0595 e. The SMILES string of the molecule is Nc1ccc(SCc2ccc(Cl)c(Cl)c2)cc1. The van der Waals surface area contributed by atoms with Crippen molar-refractivity contribution in [1.82, 2.24) is 0 Å². The molecule has 0 unspecified atom stereocenters. The van der Waals surface area contributed by atoms with Gasteiger partial charge in [0.1, 0.15) is 0 Å². The van der Waals surface area contributed by atoms with Gasteiger partial charge in [-0.2, -0.15) is 0 Å². The third-order valence-electron chi connectivity index (χ3n) is 2.27. The number of hydrogen-bond acceptors (Lipinski definition) is 2. The summed E-state index contributed by atoms with van der Waals surface area (Å²) in [4.78, 5) is 1.19. The van der Waals surface area contributed by atoms with Gasteiger partial charge in [-0.3, -0.25) is 0 Å². The average molecular weight is 284 g/mol. The molecule has 0 aliphatic carbocycles. The molecule has 0 amide bonds. The Bertz CT molecular complexity index is 511. The number of anilines is 1. The van der Waals surface area contributed by atoms with Crippen molar-refractivity contribution < 1.29 is 0 Å². The van der Waals surface area contributed by atoms with Gasteiger partial charge in [0.15, 0.2) is 0 Å². The van der Waals surface area contributed by atoms with E-state index in [1.54, 1.807) is 11.8 Å². The fraction of sp³-hybridized carbons (Fsp3) is 0.0769. The van der Waals surface area contributed by atoms with E-state index in [9.17, 15) is 0 Å². The van der Waals surface area contributed by atoms with Gasteiger partial charge in [-0.05, 0) is 42.0 Å². The molecule has 0 fully saturated rings. The molecule has 0 aliphatic heterocycles. The Morgan fingerprint density at radius 2 is 1.65 bits per heavy atom. The minimum atomic E-state index is 0.591. The van der Waals surface area contributed by atoms with Crippen LogP contribution in [0.1, 0.15) is 5.56 Å². The van der Waals surface area contributed by atoms with Crippen LogP contribution in [0.2, 0.25) is 10.0 Å². The first-order chi connectivity index (χ1) is 8.15. The highest BCUT2D eigenvalue weighted by Crippen LogP contribution is 2.27. The van der Waals surface area contributed by atoms with Gasteiger partial charge in [-0.25, -0.2) is 0 Å². The number of rotatable bonds is 3. The maximum Gasteiger partial charge on any atom is 0.0595 e. The first-order valence-corrected chi connectivity index (χ1v) is 6.81. The van der Waals surface area contributed by atoms with Crippen LogP contribution < -0.4 is 5.73 Å². The van der Waals surface area contributed by atoms with Gasteiger partial charge in [-0.15, -0.1) is 11.8 Å². The van der Waals surface area contributed by atoms with Crippen molar-refractivity contribution in [1.29, 1.82) is 0 Å². The van der Waals surface area contributed by atoms with Crippen LogP contribution in [0.5, 0.6) is 0 Å². The lowest BCUT2D eigenvalue weighted by Gasteiger charge is -2.04. The van der Waals surface area contributed by atoms with Crippen LogP contribution in [-0.2, 0) is 5.75 Å². The van der Waals surface area contributed by atoms with E-state index in [-0.39, 0.29) is 0 Å². The van der Waals surface area contributed by atoms with E-state index < -0.39 is 0 Å². The monoisotopic (exact) mass is 283 g/mol. The molecular weight excluding hydrogens is 273 g/mol. The van der Waals surface area contributed by atoms with Gasteiger partial charge in [0.25, 0.3) is 0 Å². The van der Waals surface area contributed by atoms with Gasteiger partial charge in [0, 0.05) is 16.3 Å². The Labute approximate surface area is 115 Å². The van der Waals surface area contributed by atoms with Crippen molar-refractivity contribution in [2.45, 2.75) is 10.6 Å². The zero-order valence-electron chi connectivity index (χ0n) is 8.99. The quantitative estimate of drug-likeness (QED) is 0.643. The number of nitrogen functional groups attached to an aromatic ring is 1. The van der Waals surface area contributed by atoms with E-state index in [1.807, 2.05) is 42.5 Å². The summed E-state index contributed by atoms with van der Waals surface area (Å²) in [5.41, 5.74) is 7.56. The predicted octanol–water partition coefficient (Wildman–Crippen LogP) is 4.87. The summed E-state index contributed by atoms with van der Waals surface area (Å²) in [6, 6.07) is 13.5. The van der Waals surface area contributed by atoms with Crippen molar-refractivity contribution in [3.8, 4) is 0 Å². The summed E-state index contributed by atoms with van der Waals surface area (Å²) in [6.07, 6.45) is 0. The summed E-state index contributed by atoms with van der Waals surface area (Å²) < 4.78 is 0. The zero-order valence-corrected chi connectivity index (χ0v) is 11.3. The third kappa shape index (κ3) is 3.56. The standard InChI is InChI=1S/C13H11Cl2NS/c14-12-6-1-9(7-13(12)15)8-17-11-4-2-10(16)3-5-11/h1-7H,8,16H2. The normalized spacial score (nSPS) is 10.5. The van der Waals surface area contributed by atoms with E-state index in [0.717, 1.165) is 17.0 Å². The molecule has 0 aromatic heterocycles. The van der Waals surface area contributed by atoms with Crippen molar-refractivity contribution in [2.24, 2.45) is 0 Å². The fourth-order valence-electron chi connectivity index (χ4n) is 1.36. The van der Waals surface area contributed by atoms with Gasteiger partial charge >= 0.3 is 0 Å². The largest absolute Gasteiger partial charge is 0.399 e. The highest BCUT2D eigenvalue weighted by Gasteiger charge is 2.00. The lowest BCUT2D eigenvalue weighted by molar-refractivity contribution is 1.38. The van der Waals surface area contributed by atoms with Crippen LogP contribution in [0.4, 0.5) is 5.69 Å². The summed E-state index contributed by atoms with van der Waals surface area (Å²) in [5.74, 6) is 0.862. The molecule has 1 nitrogen and oxygen atoms in total. The second-order valence-corrected chi connectivity index (χ2v) is 5.47. The number of nitrogens with two attached hydrogens (primary N) is 1. The summed E-state index contributed by atoms with van der Waals surface area (Å²) >= 11 is 13.6. The van der Waals surface area contributed by atoms with Gasteiger partial charge in [0.2, 0.25) is 0 Å². The van der Waals surface area contributed by atoms with Crippen molar-refractivity contribution in [3.05, 3.63) is 58.1 Å². The van der Waals surface area contributed by atoms with E-state index in [1.165, 1.54) is 4.90 Å². The molecule has 0 atom stereocenters. The Morgan fingerprint density at radius 3 is 2.29 bits per heavy atom. The Morgan fingerprint density at radius 1 is 0.941 bits per heavy atom. The van der Waals surface area contributed by atoms with Crippen molar-refractivity contribution in [2.75, 3.05) is 5.73 Å². The van der Waals surface area contributed by atoms with Gasteiger partial charge < -0.3 is 5.73 Å². The van der Waals surface area contributed by atoms with E-state index in [2.05, 4.69) is 0 Å². The molecule has 0 radical (unpaired) electrons. The van der Waals surface area contributed by atoms with E-state index in [4.69, 9.17) is 28.9 Å². The molecule has 2 aromatic carbocycles. The molecule has 17 heavy (non-hydrogen) atoms. The molecule has 0 saturated carbocycles. The summed E-state index contributed by atoms with van der Waals surface area (Å²) in [7, 11) is 0. The maximum atomic E-state index is 5.96. The zero-order chi connectivity index (χ0) is 12.3. The first kappa shape index (κ1) is 12.6. The molecule has 0 saturated heterocycles. The number of hydrogen-bond donors (Lipinski definition) is 1.